The number of nitrogens with one attached hydrogen (secondary N) is 1. The zero-order valence-corrected chi connectivity index (χ0v) is 15.5. The molecule has 0 spiro atoms. The van der Waals surface area contributed by atoms with Gasteiger partial charge in [0, 0.05) is 31.0 Å². The number of aryl methyl sites for hydroxylation is 1. The van der Waals surface area contributed by atoms with E-state index in [9.17, 15) is 0 Å². The first-order valence-corrected chi connectivity index (χ1v) is 9.55. The molecule has 2 heterocycles. The van der Waals surface area contributed by atoms with Gasteiger partial charge in [-0.2, -0.15) is 0 Å². The second-order valence-corrected chi connectivity index (χ2v) is 7.78. The minimum Gasteiger partial charge on any atom is -0.375 e. The number of aromatic nitrogens is 3. The quantitative estimate of drug-likeness (QED) is 0.814. The van der Waals surface area contributed by atoms with Crippen LogP contribution in [-0.2, 0) is 4.74 Å². The van der Waals surface area contributed by atoms with E-state index in [-0.39, 0.29) is 6.10 Å². The van der Waals surface area contributed by atoms with Gasteiger partial charge in [-0.25, -0.2) is 4.98 Å². The van der Waals surface area contributed by atoms with E-state index in [1.807, 2.05) is 0 Å². The SMILES string of the molecule is Cc1ccc(-c2nc(SC[C@H]3CN(CC(C)C)CCO3)n[nH]2)cc1. The second kappa shape index (κ2) is 8.14. The first-order valence-electron chi connectivity index (χ1n) is 8.56. The fourth-order valence-electron chi connectivity index (χ4n) is 2.88. The number of ether oxygens (including phenoxy) is 1. The van der Waals surface area contributed by atoms with Gasteiger partial charge in [0.25, 0.3) is 0 Å². The summed E-state index contributed by atoms with van der Waals surface area (Å²) in [5.41, 5.74) is 2.31. The van der Waals surface area contributed by atoms with Gasteiger partial charge in [0.15, 0.2) is 5.82 Å². The van der Waals surface area contributed by atoms with Gasteiger partial charge < -0.3 is 4.74 Å². The number of hydrogen-bond acceptors (Lipinski definition) is 5. The van der Waals surface area contributed by atoms with E-state index >= 15 is 0 Å². The van der Waals surface area contributed by atoms with Gasteiger partial charge in [0.2, 0.25) is 5.16 Å². The third kappa shape index (κ3) is 4.82. The lowest BCUT2D eigenvalue weighted by Crippen LogP contribution is -2.44. The molecular formula is C18H26N4OS. The van der Waals surface area contributed by atoms with Crippen LogP contribution >= 0.6 is 11.8 Å². The molecule has 3 rings (SSSR count). The highest BCUT2D eigenvalue weighted by atomic mass is 32.2. The predicted octanol–water partition coefficient (Wildman–Crippen LogP) is 3.23. The molecule has 1 fully saturated rings. The molecule has 0 amide bonds. The molecule has 0 radical (unpaired) electrons. The minimum absolute atomic E-state index is 0.254. The standard InChI is InChI=1S/C18H26N4OS/c1-13(2)10-22-8-9-23-16(11-22)12-24-18-19-17(20-21-18)15-6-4-14(3)5-7-15/h4-7,13,16H,8-12H2,1-3H3,(H,19,20,21)/t16-/m1/s1. The monoisotopic (exact) mass is 346 g/mol. The molecule has 0 saturated carbocycles. The summed E-state index contributed by atoms with van der Waals surface area (Å²) < 4.78 is 5.89. The maximum Gasteiger partial charge on any atom is 0.208 e. The van der Waals surface area contributed by atoms with E-state index in [2.05, 4.69) is 65.1 Å². The number of thioether (sulfide) groups is 1. The van der Waals surface area contributed by atoms with Crippen LogP contribution in [0.15, 0.2) is 29.4 Å². The molecule has 24 heavy (non-hydrogen) atoms. The molecule has 0 unspecified atom stereocenters. The molecule has 5 nitrogen and oxygen atoms in total. The molecule has 1 aliphatic rings. The maximum absolute atomic E-state index is 5.89. The predicted molar refractivity (Wildman–Crippen MR) is 98.3 cm³/mol. The van der Waals surface area contributed by atoms with Crippen LogP contribution < -0.4 is 0 Å². The Kier molecular flexibility index (Phi) is 5.92. The summed E-state index contributed by atoms with van der Waals surface area (Å²) in [6.07, 6.45) is 0.254. The van der Waals surface area contributed by atoms with Crippen LogP contribution in [0.5, 0.6) is 0 Å². The largest absolute Gasteiger partial charge is 0.375 e. The highest BCUT2D eigenvalue weighted by molar-refractivity contribution is 7.99. The van der Waals surface area contributed by atoms with Crippen LogP contribution in [0.25, 0.3) is 11.4 Å². The Morgan fingerprint density at radius 1 is 1.33 bits per heavy atom. The summed E-state index contributed by atoms with van der Waals surface area (Å²) in [5.74, 6) is 2.41. The van der Waals surface area contributed by atoms with E-state index in [1.165, 1.54) is 5.56 Å². The third-order valence-corrected chi connectivity index (χ3v) is 5.01. The first-order chi connectivity index (χ1) is 11.6. The summed E-state index contributed by atoms with van der Waals surface area (Å²) in [6.45, 7) is 10.6. The Labute approximate surface area is 148 Å². The lowest BCUT2D eigenvalue weighted by molar-refractivity contribution is -0.0191. The fraction of sp³-hybridized carbons (Fsp3) is 0.556. The zero-order valence-electron chi connectivity index (χ0n) is 14.7. The van der Waals surface area contributed by atoms with Gasteiger partial charge in [0.1, 0.15) is 0 Å². The number of rotatable bonds is 6. The summed E-state index contributed by atoms with van der Waals surface area (Å²) in [7, 11) is 0. The van der Waals surface area contributed by atoms with Crippen LogP contribution in [-0.4, -0.2) is 58.2 Å². The maximum atomic E-state index is 5.89. The van der Waals surface area contributed by atoms with Crippen molar-refractivity contribution in [1.82, 2.24) is 20.1 Å². The van der Waals surface area contributed by atoms with Gasteiger partial charge in [0.05, 0.1) is 12.7 Å². The number of H-pyrrole nitrogens is 1. The van der Waals surface area contributed by atoms with Crippen LogP contribution in [0.1, 0.15) is 19.4 Å². The number of nitrogens with zero attached hydrogens (tertiary/aromatic N) is 3. The Morgan fingerprint density at radius 2 is 2.12 bits per heavy atom. The number of morpholine rings is 1. The highest BCUT2D eigenvalue weighted by Gasteiger charge is 2.21. The Morgan fingerprint density at radius 3 is 2.88 bits per heavy atom. The number of benzene rings is 1. The van der Waals surface area contributed by atoms with Crippen molar-refractivity contribution in [2.24, 2.45) is 5.92 Å². The molecule has 130 valence electrons. The molecular weight excluding hydrogens is 320 g/mol. The molecule has 1 aromatic carbocycles. The summed E-state index contributed by atoms with van der Waals surface area (Å²) in [6, 6.07) is 8.31. The van der Waals surface area contributed by atoms with Crippen molar-refractivity contribution in [3.63, 3.8) is 0 Å². The second-order valence-electron chi connectivity index (χ2n) is 6.79. The molecule has 0 aliphatic carbocycles. The zero-order chi connectivity index (χ0) is 16.9. The Bertz CT molecular complexity index is 641. The molecule has 2 aromatic rings. The van der Waals surface area contributed by atoms with Gasteiger partial charge in [-0.15, -0.1) is 5.10 Å². The van der Waals surface area contributed by atoms with Gasteiger partial charge in [-0.05, 0) is 12.8 Å². The fourth-order valence-corrected chi connectivity index (χ4v) is 3.69. The molecule has 1 aliphatic heterocycles. The topological polar surface area (TPSA) is 54.0 Å². The van der Waals surface area contributed by atoms with Gasteiger partial charge in [-0.1, -0.05) is 55.4 Å². The van der Waals surface area contributed by atoms with Crippen LogP contribution in [0.2, 0.25) is 0 Å². The molecule has 0 bridgehead atoms. The molecule has 1 N–H and O–H groups in total. The number of hydrogen-bond donors (Lipinski definition) is 1. The third-order valence-electron chi connectivity index (χ3n) is 4.03. The van der Waals surface area contributed by atoms with E-state index in [4.69, 9.17) is 4.74 Å². The van der Waals surface area contributed by atoms with E-state index in [0.29, 0.717) is 5.92 Å². The van der Waals surface area contributed by atoms with E-state index in [0.717, 1.165) is 48.5 Å². The summed E-state index contributed by atoms with van der Waals surface area (Å²) >= 11 is 1.66. The van der Waals surface area contributed by atoms with Crippen molar-refractivity contribution in [1.29, 1.82) is 0 Å². The van der Waals surface area contributed by atoms with Crippen molar-refractivity contribution in [2.45, 2.75) is 32.0 Å². The highest BCUT2D eigenvalue weighted by Crippen LogP contribution is 2.21. The summed E-state index contributed by atoms with van der Waals surface area (Å²) in [5, 5.41) is 8.14. The first kappa shape index (κ1) is 17.5. The van der Waals surface area contributed by atoms with Crippen molar-refractivity contribution in [2.75, 3.05) is 32.0 Å². The van der Waals surface area contributed by atoms with Crippen molar-refractivity contribution < 1.29 is 4.74 Å². The van der Waals surface area contributed by atoms with Gasteiger partial charge >= 0.3 is 0 Å². The summed E-state index contributed by atoms with van der Waals surface area (Å²) in [4.78, 5) is 7.08. The van der Waals surface area contributed by atoms with Crippen LogP contribution in [0.3, 0.4) is 0 Å². The molecule has 1 atom stereocenters. The van der Waals surface area contributed by atoms with E-state index in [1.54, 1.807) is 11.8 Å². The van der Waals surface area contributed by atoms with Crippen LogP contribution in [0, 0.1) is 12.8 Å². The lowest BCUT2D eigenvalue weighted by Gasteiger charge is -2.33. The molecule has 6 heteroatoms. The van der Waals surface area contributed by atoms with Crippen molar-refractivity contribution in [3.05, 3.63) is 29.8 Å². The smallest absolute Gasteiger partial charge is 0.208 e. The van der Waals surface area contributed by atoms with E-state index < -0.39 is 0 Å². The molecule has 1 saturated heterocycles. The Hall–Kier alpha value is -1.37. The van der Waals surface area contributed by atoms with Crippen LogP contribution in [0.4, 0.5) is 0 Å². The van der Waals surface area contributed by atoms with Crippen molar-refractivity contribution in [3.8, 4) is 11.4 Å². The van der Waals surface area contributed by atoms with Crippen molar-refractivity contribution >= 4 is 11.8 Å². The minimum atomic E-state index is 0.254. The molecule has 1 aromatic heterocycles. The van der Waals surface area contributed by atoms with Gasteiger partial charge in [-0.3, -0.25) is 10.00 Å². The number of aromatic amines is 1. The average Bonchev–Trinajstić information content (AvgIpc) is 3.02. The normalized spacial score (nSPS) is 19.1. The Balaban J connectivity index is 1.53. The lowest BCUT2D eigenvalue weighted by atomic mass is 10.1. The average molecular weight is 347 g/mol.